The van der Waals surface area contributed by atoms with Crippen molar-refractivity contribution < 1.29 is 42.1 Å². The fraction of sp³-hybridized carbons (Fsp3) is 0.966. The van der Waals surface area contributed by atoms with Gasteiger partial charge in [-0.2, -0.15) is 0 Å². The molecule has 0 radical (unpaired) electrons. The quantitative estimate of drug-likeness (QED) is 0.0256. The minimum absolute atomic E-state index is 0.0253. The predicted molar refractivity (Wildman–Crippen MR) is 287 cm³/mol. The van der Waals surface area contributed by atoms with E-state index in [-0.39, 0.29) is 32.0 Å². The third-order valence-electron chi connectivity index (χ3n) is 13.6. The molecule has 0 fully saturated rings. The fourth-order valence-electron chi connectivity index (χ4n) is 9.01. The lowest BCUT2D eigenvalue weighted by Crippen LogP contribution is -2.37. The molecule has 0 amide bonds. The Kier molecular flexibility index (Phi) is 50.2. The maximum Gasteiger partial charge on any atom is 0.306 e. The van der Waals surface area contributed by atoms with Crippen LogP contribution < -0.4 is 4.89 Å². The minimum Gasteiger partial charge on any atom is -0.756 e. The topological polar surface area (TPSA) is 111 Å². The van der Waals surface area contributed by atoms with Crippen molar-refractivity contribution in [1.29, 1.82) is 0 Å². The van der Waals surface area contributed by atoms with Crippen LogP contribution in [-0.2, 0) is 32.7 Å². The van der Waals surface area contributed by atoms with Crippen LogP contribution in [0.4, 0.5) is 0 Å². The second kappa shape index (κ2) is 50.9. The van der Waals surface area contributed by atoms with Crippen LogP contribution in [0.3, 0.4) is 0 Å². The first-order chi connectivity index (χ1) is 33.0. The summed E-state index contributed by atoms with van der Waals surface area (Å²) in [7, 11) is 1.19. The molecule has 0 aromatic heterocycles. The van der Waals surface area contributed by atoms with E-state index < -0.39 is 26.5 Å². The van der Waals surface area contributed by atoms with Crippen molar-refractivity contribution in [2.45, 2.75) is 315 Å². The van der Waals surface area contributed by atoms with E-state index >= 15 is 0 Å². The monoisotopic (exact) mass is 986 g/mol. The number of carbonyl (C=O) groups is 2. The second-order valence-electron chi connectivity index (χ2n) is 21.7. The summed E-state index contributed by atoms with van der Waals surface area (Å²) in [5, 5.41) is 0. The number of quaternary nitrogens is 1. The standard InChI is InChI=1S/C58H116NO8P/c1-6-8-10-12-14-16-18-20-21-22-23-24-25-26-27-28-29-30-31-32-33-34-35-36-37-39-41-43-45-47-49-51-58(61)67-56(55-66-68(62,63)65-53-52-59(3,4)5)54-64-57(60)50-48-46-44-42-40-38-19-17-15-13-11-9-7-2/h56H,6-55H2,1-5H3. The summed E-state index contributed by atoms with van der Waals surface area (Å²) in [6.45, 7) is 4.30. The molecule has 68 heavy (non-hydrogen) atoms. The van der Waals surface area contributed by atoms with Gasteiger partial charge in [-0.1, -0.05) is 284 Å². The predicted octanol–water partition coefficient (Wildman–Crippen LogP) is 17.6. The van der Waals surface area contributed by atoms with Gasteiger partial charge in [-0.15, -0.1) is 0 Å². The smallest absolute Gasteiger partial charge is 0.306 e. The van der Waals surface area contributed by atoms with Crippen molar-refractivity contribution in [3.05, 3.63) is 0 Å². The summed E-state index contributed by atoms with van der Waals surface area (Å²) in [5.74, 6) is -0.812. The van der Waals surface area contributed by atoms with Crippen LogP contribution in [0.1, 0.15) is 309 Å². The van der Waals surface area contributed by atoms with Gasteiger partial charge in [0, 0.05) is 12.8 Å². The molecule has 0 spiro atoms. The normalized spacial score (nSPS) is 13.2. The van der Waals surface area contributed by atoms with Crippen LogP contribution in [0.15, 0.2) is 0 Å². The third kappa shape index (κ3) is 54.3. The minimum atomic E-state index is -4.62. The van der Waals surface area contributed by atoms with Gasteiger partial charge in [0.1, 0.15) is 19.8 Å². The van der Waals surface area contributed by atoms with Crippen LogP contribution in [0.2, 0.25) is 0 Å². The van der Waals surface area contributed by atoms with Gasteiger partial charge in [-0.25, -0.2) is 0 Å². The number of phosphoric ester groups is 1. The van der Waals surface area contributed by atoms with Crippen molar-refractivity contribution in [2.75, 3.05) is 47.5 Å². The van der Waals surface area contributed by atoms with Gasteiger partial charge in [0.25, 0.3) is 7.82 Å². The average molecular weight is 987 g/mol. The van der Waals surface area contributed by atoms with Crippen LogP contribution in [0, 0.1) is 0 Å². The maximum atomic E-state index is 12.8. The fourth-order valence-corrected chi connectivity index (χ4v) is 9.74. The molecule has 0 aliphatic heterocycles. The Balaban J connectivity index is 3.96. The number of likely N-dealkylation sites (N-methyl/N-ethyl adjacent to an activating group) is 1. The van der Waals surface area contributed by atoms with Crippen LogP contribution in [0.5, 0.6) is 0 Å². The summed E-state index contributed by atoms with van der Waals surface area (Å²) in [6.07, 6.45) is 57.4. The summed E-state index contributed by atoms with van der Waals surface area (Å²) in [4.78, 5) is 37.8. The largest absolute Gasteiger partial charge is 0.756 e. The zero-order valence-corrected chi connectivity index (χ0v) is 47.0. The molecule has 10 heteroatoms. The Morgan fingerprint density at radius 1 is 0.397 bits per heavy atom. The maximum absolute atomic E-state index is 12.8. The molecule has 0 N–H and O–H groups in total. The Morgan fingerprint density at radius 2 is 0.662 bits per heavy atom. The molecule has 9 nitrogen and oxygen atoms in total. The lowest BCUT2D eigenvalue weighted by molar-refractivity contribution is -0.870. The van der Waals surface area contributed by atoms with Crippen LogP contribution >= 0.6 is 7.82 Å². The van der Waals surface area contributed by atoms with E-state index in [1.54, 1.807) is 0 Å². The molecule has 406 valence electrons. The molecule has 2 unspecified atom stereocenters. The van der Waals surface area contributed by atoms with E-state index in [1.807, 2.05) is 21.1 Å². The number of esters is 2. The summed E-state index contributed by atoms with van der Waals surface area (Å²) in [6, 6.07) is 0. The molecule has 0 saturated carbocycles. The number of nitrogens with zero attached hydrogens (tertiary/aromatic N) is 1. The van der Waals surface area contributed by atoms with Gasteiger partial charge >= 0.3 is 11.9 Å². The number of unbranched alkanes of at least 4 members (excludes halogenated alkanes) is 42. The number of ether oxygens (including phenoxy) is 2. The Labute approximate surface area is 423 Å². The number of phosphoric acid groups is 1. The molecule has 0 aromatic carbocycles. The number of rotatable bonds is 56. The van der Waals surface area contributed by atoms with Crippen molar-refractivity contribution in [2.24, 2.45) is 0 Å². The van der Waals surface area contributed by atoms with Crippen molar-refractivity contribution in [3.63, 3.8) is 0 Å². The first kappa shape index (κ1) is 67.0. The molecule has 0 aliphatic carbocycles. The van der Waals surface area contributed by atoms with Crippen LogP contribution in [0.25, 0.3) is 0 Å². The number of hydrogen-bond acceptors (Lipinski definition) is 8. The molecule has 0 aromatic rings. The number of hydrogen-bond donors (Lipinski definition) is 0. The lowest BCUT2D eigenvalue weighted by Gasteiger charge is -2.28. The molecular formula is C58H116NO8P. The van der Waals surface area contributed by atoms with E-state index in [0.717, 1.165) is 32.1 Å². The van der Waals surface area contributed by atoms with Crippen molar-refractivity contribution in [3.8, 4) is 0 Å². The Morgan fingerprint density at radius 3 is 0.941 bits per heavy atom. The molecule has 2 atom stereocenters. The molecule has 0 aliphatic rings. The van der Waals surface area contributed by atoms with Crippen molar-refractivity contribution >= 4 is 19.8 Å². The first-order valence-corrected chi connectivity index (χ1v) is 31.2. The molecule has 0 rings (SSSR count). The van der Waals surface area contributed by atoms with Gasteiger partial charge in [0.05, 0.1) is 27.7 Å². The van der Waals surface area contributed by atoms with Gasteiger partial charge in [-0.3, -0.25) is 14.2 Å². The summed E-state index contributed by atoms with van der Waals surface area (Å²) < 4.78 is 34.1. The SMILES string of the molecule is CCCCCCCCCCCCCCCCCCCCCCCCCCCCCCCCCC(=O)OC(COC(=O)CCCCCCCCCCCCCCC)COP(=O)([O-])OCC[N+](C)(C)C. The second-order valence-corrected chi connectivity index (χ2v) is 23.1. The molecule has 0 bridgehead atoms. The van der Waals surface area contributed by atoms with Gasteiger partial charge < -0.3 is 27.9 Å². The van der Waals surface area contributed by atoms with Crippen molar-refractivity contribution in [1.82, 2.24) is 0 Å². The van der Waals surface area contributed by atoms with Gasteiger partial charge in [0.2, 0.25) is 0 Å². The van der Waals surface area contributed by atoms with Gasteiger partial charge in [-0.05, 0) is 12.8 Å². The number of carbonyl (C=O) groups excluding carboxylic acids is 2. The zero-order valence-electron chi connectivity index (χ0n) is 46.1. The van der Waals surface area contributed by atoms with E-state index in [2.05, 4.69) is 13.8 Å². The van der Waals surface area contributed by atoms with E-state index in [9.17, 15) is 19.0 Å². The lowest BCUT2D eigenvalue weighted by atomic mass is 10.0. The molecule has 0 heterocycles. The molecular weight excluding hydrogens is 870 g/mol. The Bertz CT molecular complexity index is 1120. The summed E-state index contributed by atoms with van der Waals surface area (Å²) in [5.41, 5.74) is 0. The van der Waals surface area contributed by atoms with Gasteiger partial charge in [0.15, 0.2) is 6.10 Å². The molecule has 0 saturated heterocycles. The highest BCUT2D eigenvalue weighted by atomic mass is 31.2. The third-order valence-corrected chi connectivity index (χ3v) is 14.6. The van der Waals surface area contributed by atoms with E-state index in [4.69, 9.17) is 18.5 Å². The highest BCUT2D eigenvalue weighted by molar-refractivity contribution is 7.45. The van der Waals surface area contributed by atoms with E-state index in [0.29, 0.717) is 17.4 Å². The average Bonchev–Trinajstić information content (AvgIpc) is 3.30. The Hall–Kier alpha value is -0.990. The highest BCUT2D eigenvalue weighted by Crippen LogP contribution is 2.38. The summed E-state index contributed by atoms with van der Waals surface area (Å²) >= 11 is 0. The highest BCUT2D eigenvalue weighted by Gasteiger charge is 2.22. The zero-order chi connectivity index (χ0) is 49.9. The van der Waals surface area contributed by atoms with Crippen LogP contribution in [-0.4, -0.2) is 70.0 Å². The first-order valence-electron chi connectivity index (χ1n) is 29.7. The van der Waals surface area contributed by atoms with E-state index in [1.165, 1.54) is 244 Å².